The van der Waals surface area contributed by atoms with Gasteiger partial charge in [-0.3, -0.25) is 4.98 Å². The molecule has 10 rings (SSSR count). The number of nitrogens with zero attached hydrogens (tertiary/aromatic N) is 2. The first kappa shape index (κ1) is 24.5. The van der Waals surface area contributed by atoms with Crippen molar-refractivity contribution in [1.29, 1.82) is 0 Å². The molecule has 0 amide bonds. The standard InChI is InChI=1S/C42H26N2O/c1-2-10-27(11-3-1)42(28-20-22-43-23-21-28)36-15-7-4-12-30(36)33-26-39-34(25-37(33)42)31-13-5-8-16-38(31)44(39)29-18-19-41-35(24-29)32-14-6-9-17-40(32)45-41/h1-26H. The highest BCUT2D eigenvalue weighted by molar-refractivity contribution is 6.12. The quantitative estimate of drug-likeness (QED) is 0.210. The minimum absolute atomic E-state index is 0.470. The Morgan fingerprint density at radius 1 is 0.467 bits per heavy atom. The molecule has 0 saturated heterocycles. The van der Waals surface area contributed by atoms with Crippen LogP contribution in [0.5, 0.6) is 0 Å². The molecule has 0 radical (unpaired) electrons. The maximum absolute atomic E-state index is 6.19. The normalized spacial score (nSPS) is 15.6. The van der Waals surface area contributed by atoms with Gasteiger partial charge < -0.3 is 8.98 Å². The van der Waals surface area contributed by atoms with E-state index in [0.29, 0.717) is 0 Å². The fraction of sp³-hybridized carbons (Fsp3) is 0.0238. The van der Waals surface area contributed by atoms with Crippen molar-refractivity contribution < 1.29 is 4.42 Å². The average molecular weight is 575 g/mol. The number of rotatable bonds is 3. The van der Waals surface area contributed by atoms with Crippen molar-refractivity contribution in [2.24, 2.45) is 0 Å². The van der Waals surface area contributed by atoms with Gasteiger partial charge in [-0.15, -0.1) is 0 Å². The molecule has 0 fully saturated rings. The number of benzene rings is 6. The van der Waals surface area contributed by atoms with Crippen LogP contribution in [-0.4, -0.2) is 9.55 Å². The molecule has 0 saturated carbocycles. The second-order valence-electron chi connectivity index (χ2n) is 11.9. The van der Waals surface area contributed by atoms with E-state index in [1.165, 1.54) is 55.2 Å². The van der Waals surface area contributed by atoms with Crippen LogP contribution in [0.2, 0.25) is 0 Å². The Hall–Kier alpha value is -5.93. The number of furan rings is 1. The molecule has 3 aromatic heterocycles. The molecule has 0 spiro atoms. The van der Waals surface area contributed by atoms with Gasteiger partial charge in [0.25, 0.3) is 0 Å². The summed E-state index contributed by atoms with van der Waals surface area (Å²) in [5, 5.41) is 4.74. The summed E-state index contributed by atoms with van der Waals surface area (Å²) in [6.07, 6.45) is 3.83. The van der Waals surface area contributed by atoms with Crippen LogP contribution in [0.3, 0.4) is 0 Å². The minimum atomic E-state index is -0.470. The maximum Gasteiger partial charge on any atom is 0.135 e. The molecule has 3 heterocycles. The van der Waals surface area contributed by atoms with Crippen molar-refractivity contribution in [2.75, 3.05) is 0 Å². The van der Waals surface area contributed by atoms with Gasteiger partial charge in [-0.25, -0.2) is 0 Å². The number of aromatic nitrogens is 2. The summed E-state index contributed by atoms with van der Waals surface area (Å²) < 4.78 is 8.61. The van der Waals surface area contributed by atoms with E-state index in [2.05, 4.69) is 143 Å². The van der Waals surface area contributed by atoms with Gasteiger partial charge in [0, 0.05) is 39.6 Å². The lowest BCUT2D eigenvalue weighted by molar-refractivity contribution is 0.669. The Kier molecular flexibility index (Phi) is 4.92. The summed E-state index contributed by atoms with van der Waals surface area (Å²) in [4.78, 5) is 4.41. The molecule has 6 aromatic carbocycles. The van der Waals surface area contributed by atoms with E-state index >= 15 is 0 Å². The molecular formula is C42H26N2O. The fourth-order valence-electron chi connectivity index (χ4n) is 7.95. The van der Waals surface area contributed by atoms with E-state index in [0.717, 1.165) is 27.6 Å². The van der Waals surface area contributed by atoms with E-state index < -0.39 is 5.41 Å². The van der Waals surface area contributed by atoms with Gasteiger partial charge >= 0.3 is 0 Å². The monoisotopic (exact) mass is 574 g/mol. The molecule has 1 aliphatic carbocycles. The second-order valence-corrected chi connectivity index (χ2v) is 11.9. The molecule has 3 heteroatoms. The SMILES string of the molecule is c1ccc(C2(c3ccncc3)c3ccccc3-c3cc4c(cc32)c2ccccc2n4-c2ccc3oc4ccccc4c3c2)cc1. The van der Waals surface area contributed by atoms with E-state index in [4.69, 9.17) is 4.42 Å². The first-order valence-corrected chi connectivity index (χ1v) is 15.4. The lowest BCUT2D eigenvalue weighted by atomic mass is 9.68. The molecule has 1 unspecified atom stereocenters. The largest absolute Gasteiger partial charge is 0.456 e. The predicted molar refractivity (Wildman–Crippen MR) is 183 cm³/mol. The van der Waals surface area contributed by atoms with Gasteiger partial charge in [-0.05, 0) is 88.0 Å². The van der Waals surface area contributed by atoms with E-state index in [-0.39, 0.29) is 0 Å². The predicted octanol–water partition coefficient (Wildman–Crippen LogP) is 10.4. The van der Waals surface area contributed by atoms with Crippen LogP contribution in [0.25, 0.3) is 60.6 Å². The lowest BCUT2D eigenvalue weighted by Crippen LogP contribution is -2.28. The van der Waals surface area contributed by atoms with Crippen LogP contribution in [0, 0.1) is 0 Å². The van der Waals surface area contributed by atoms with Crippen molar-refractivity contribution >= 4 is 43.7 Å². The number of para-hydroxylation sites is 2. The topological polar surface area (TPSA) is 31.0 Å². The van der Waals surface area contributed by atoms with Crippen molar-refractivity contribution in [1.82, 2.24) is 9.55 Å². The summed E-state index contributed by atoms with van der Waals surface area (Å²) in [5.74, 6) is 0. The first-order valence-electron chi connectivity index (χ1n) is 15.4. The second kappa shape index (κ2) is 9.04. The highest BCUT2D eigenvalue weighted by Crippen LogP contribution is 2.57. The highest BCUT2D eigenvalue weighted by atomic mass is 16.3. The van der Waals surface area contributed by atoms with Crippen molar-refractivity contribution in [3.05, 3.63) is 180 Å². The maximum atomic E-state index is 6.19. The summed E-state index contributed by atoms with van der Waals surface area (Å²) in [7, 11) is 0. The van der Waals surface area contributed by atoms with Gasteiger partial charge in [-0.1, -0.05) is 91.0 Å². The zero-order valence-corrected chi connectivity index (χ0v) is 24.3. The summed E-state index contributed by atoms with van der Waals surface area (Å²) in [5.41, 5.74) is 12.4. The summed E-state index contributed by atoms with van der Waals surface area (Å²) in [6.45, 7) is 0. The van der Waals surface area contributed by atoms with Gasteiger partial charge in [0.1, 0.15) is 11.2 Å². The number of pyridine rings is 1. The molecule has 0 bridgehead atoms. The zero-order chi connectivity index (χ0) is 29.5. The first-order chi connectivity index (χ1) is 22.3. The molecule has 3 nitrogen and oxygen atoms in total. The molecule has 0 aliphatic heterocycles. The van der Waals surface area contributed by atoms with Crippen LogP contribution in [0.4, 0.5) is 0 Å². The van der Waals surface area contributed by atoms with Crippen LogP contribution in [-0.2, 0) is 5.41 Å². The smallest absolute Gasteiger partial charge is 0.135 e. The van der Waals surface area contributed by atoms with Crippen molar-refractivity contribution in [3.8, 4) is 16.8 Å². The van der Waals surface area contributed by atoms with Gasteiger partial charge in [0.05, 0.1) is 16.4 Å². The third kappa shape index (κ3) is 3.22. The molecule has 210 valence electrons. The Morgan fingerprint density at radius 2 is 1.18 bits per heavy atom. The minimum Gasteiger partial charge on any atom is -0.456 e. The summed E-state index contributed by atoms with van der Waals surface area (Å²) >= 11 is 0. The van der Waals surface area contributed by atoms with Gasteiger partial charge in [0.15, 0.2) is 0 Å². The van der Waals surface area contributed by atoms with Crippen LogP contribution >= 0.6 is 0 Å². The lowest BCUT2D eigenvalue weighted by Gasteiger charge is -2.33. The Bertz CT molecular complexity index is 2550. The Balaban J connectivity index is 1.34. The molecule has 0 N–H and O–H groups in total. The van der Waals surface area contributed by atoms with Gasteiger partial charge in [0.2, 0.25) is 0 Å². The molecular weight excluding hydrogens is 548 g/mol. The van der Waals surface area contributed by atoms with Crippen molar-refractivity contribution in [2.45, 2.75) is 5.41 Å². The third-order valence-electron chi connectivity index (χ3n) is 9.78. The fourth-order valence-corrected chi connectivity index (χ4v) is 7.95. The third-order valence-corrected chi connectivity index (χ3v) is 9.78. The Morgan fingerprint density at radius 3 is 2.07 bits per heavy atom. The average Bonchev–Trinajstić information content (AvgIpc) is 3.74. The van der Waals surface area contributed by atoms with Crippen LogP contribution in [0.1, 0.15) is 22.3 Å². The van der Waals surface area contributed by atoms with Gasteiger partial charge in [-0.2, -0.15) is 0 Å². The number of fused-ring (bicyclic) bond motifs is 9. The zero-order valence-electron chi connectivity index (χ0n) is 24.3. The molecule has 45 heavy (non-hydrogen) atoms. The van der Waals surface area contributed by atoms with E-state index in [9.17, 15) is 0 Å². The summed E-state index contributed by atoms with van der Waals surface area (Å²) in [6, 6.07) is 52.7. The van der Waals surface area contributed by atoms with E-state index in [1.807, 2.05) is 24.5 Å². The van der Waals surface area contributed by atoms with E-state index in [1.54, 1.807) is 0 Å². The molecule has 9 aromatic rings. The number of hydrogen-bond donors (Lipinski definition) is 0. The molecule has 1 aliphatic rings. The van der Waals surface area contributed by atoms with Crippen LogP contribution < -0.4 is 0 Å². The highest BCUT2D eigenvalue weighted by Gasteiger charge is 2.46. The number of hydrogen-bond acceptors (Lipinski definition) is 2. The Labute approximate surface area is 259 Å². The van der Waals surface area contributed by atoms with Crippen molar-refractivity contribution in [3.63, 3.8) is 0 Å². The molecule has 1 atom stereocenters. The van der Waals surface area contributed by atoms with Crippen LogP contribution in [0.15, 0.2) is 162 Å².